The molecule has 0 bridgehead atoms. The van der Waals surface area contributed by atoms with Crippen molar-refractivity contribution in [2.24, 2.45) is 0 Å². The Labute approximate surface area is 125 Å². The van der Waals surface area contributed by atoms with Crippen LogP contribution in [0.5, 0.6) is 0 Å². The molecule has 100 valence electrons. The van der Waals surface area contributed by atoms with Gasteiger partial charge in [0.2, 0.25) is 0 Å². The van der Waals surface area contributed by atoms with Crippen molar-refractivity contribution in [3.63, 3.8) is 0 Å². The lowest BCUT2D eigenvalue weighted by molar-refractivity contribution is 0.603. The van der Waals surface area contributed by atoms with Crippen molar-refractivity contribution in [1.29, 1.82) is 0 Å². The molecule has 0 aliphatic heterocycles. The minimum Gasteiger partial charge on any atom is -0.312 e. The van der Waals surface area contributed by atoms with Crippen molar-refractivity contribution in [2.75, 3.05) is 12.8 Å². The second-order valence-corrected chi connectivity index (χ2v) is 6.06. The molecule has 0 saturated carbocycles. The van der Waals surface area contributed by atoms with Crippen LogP contribution in [0.2, 0.25) is 0 Å². The second kappa shape index (κ2) is 7.03. The molecule has 0 amide bonds. The lowest BCUT2D eigenvalue weighted by Gasteiger charge is -2.16. The van der Waals surface area contributed by atoms with Crippen molar-refractivity contribution >= 4 is 27.7 Å². The maximum absolute atomic E-state index is 13.2. The lowest BCUT2D eigenvalue weighted by atomic mass is 10.1. The monoisotopic (exact) mass is 340 g/mol. The molecule has 0 radical (unpaired) electrons. The molecule has 0 saturated heterocycles. The second-order valence-electron chi connectivity index (χ2n) is 4.05. The van der Waals surface area contributed by atoms with Crippen molar-refractivity contribution in [2.45, 2.75) is 10.9 Å². The van der Waals surface area contributed by atoms with E-state index in [9.17, 15) is 4.39 Å². The summed E-state index contributed by atoms with van der Waals surface area (Å²) in [4.78, 5) is 5.07. The summed E-state index contributed by atoms with van der Waals surface area (Å²) < 4.78 is 14.2. The van der Waals surface area contributed by atoms with Crippen molar-refractivity contribution in [3.8, 4) is 0 Å². The van der Waals surface area contributed by atoms with E-state index in [2.05, 4.69) is 38.4 Å². The van der Waals surface area contributed by atoms with Gasteiger partial charge < -0.3 is 5.32 Å². The van der Waals surface area contributed by atoms with Gasteiger partial charge in [-0.05, 0) is 36.9 Å². The topological polar surface area (TPSA) is 24.9 Å². The van der Waals surface area contributed by atoms with Gasteiger partial charge in [-0.3, -0.25) is 4.98 Å². The molecule has 19 heavy (non-hydrogen) atoms. The third-order valence-corrected chi connectivity index (χ3v) is 4.27. The molecule has 1 heterocycles. The predicted molar refractivity (Wildman–Crippen MR) is 80.9 cm³/mol. The van der Waals surface area contributed by atoms with Crippen LogP contribution in [0.3, 0.4) is 0 Å². The summed E-state index contributed by atoms with van der Waals surface area (Å²) in [5, 5.41) is 3.19. The number of hydrogen-bond donors (Lipinski definition) is 1. The zero-order valence-corrected chi connectivity index (χ0v) is 12.8. The van der Waals surface area contributed by atoms with Crippen LogP contribution in [0.25, 0.3) is 0 Å². The van der Waals surface area contributed by atoms with Gasteiger partial charge in [0.25, 0.3) is 0 Å². The fourth-order valence-corrected chi connectivity index (χ4v) is 3.36. The van der Waals surface area contributed by atoms with Gasteiger partial charge in [-0.2, -0.15) is 0 Å². The number of rotatable bonds is 5. The molecule has 0 fully saturated rings. The Bertz CT molecular complexity index is 550. The molecular formula is C14H14BrFN2S. The molecule has 5 heteroatoms. The molecule has 1 atom stereocenters. The summed E-state index contributed by atoms with van der Waals surface area (Å²) in [6.45, 7) is 0. The van der Waals surface area contributed by atoms with E-state index in [0.717, 1.165) is 15.8 Å². The van der Waals surface area contributed by atoms with Crippen LogP contribution in [0.1, 0.15) is 11.6 Å². The summed E-state index contributed by atoms with van der Waals surface area (Å²) in [5.74, 6) is 0.517. The number of thioether (sulfide) groups is 1. The Morgan fingerprint density at radius 2 is 2.21 bits per heavy atom. The maximum Gasteiger partial charge on any atom is 0.141 e. The summed E-state index contributed by atoms with van der Waals surface area (Å²) in [5.41, 5.74) is 0.866. The molecule has 0 aliphatic carbocycles. The number of benzene rings is 1. The Morgan fingerprint density at radius 1 is 1.37 bits per heavy atom. The zero-order valence-electron chi connectivity index (χ0n) is 10.4. The highest BCUT2D eigenvalue weighted by Crippen LogP contribution is 2.26. The van der Waals surface area contributed by atoms with E-state index in [0.29, 0.717) is 0 Å². The Hall–Kier alpha value is -0.910. The number of hydrogen-bond acceptors (Lipinski definition) is 3. The van der Waals surface area contributed by atoms with E-state index in [-0.39, 0.29) is 11.9 Å². The smallest absolute Gasteiger partial charge is 0.141 e. The maximum atomic E-state index is 13.2. The molecule has 0 aliphatic rings. The van der Waals surface area contributed by atoms with Crippen LogP contribution in [0, 0.1) is 5.82 Å². The molecule has 2 nitrogen and oxygen atoms in total. The Kier molecular flexibility index (Phi) is 5.36. The third kappa shape index (κ3) is 4.30. The lowest BCUT2D eigenvalue weighted by Crippen LogP contribution is -2.19. The van der Waals surface area contributed by atoms with E-state index in [1.807, 2.05) is 19.2 Å². The molecule has 2 aromatic rings. The molecule has 0 spiro atoms. The van der Waals surface area contributed by atoms with Crippen LogP contribution >= 0.6 is 27.7 Å². The number of nitrogens with zero attached hydrogens (tertiary/aromatic N) is 1. The number of aromatic nitrogens is 1. The van der Waals surface area contributed by atoms with Gasteiger partial charge in [0.15, 0.2) is 0 Å². The average molecular weight is 341 g/mol. The highest BCUT2D eigenvalue weighted by atomic mass is 79.9. The molecule has 1 N–H and O–H groups in total. The molecule has 1 aromatic heterocycles. The average Bonchev–Trinajstić information content (AvgIpc) is 2.40. The standard InChI is InChI=1S/C14H14BrFN2S/c1-17-14(10-5-12(16)8-18-7-10)9-19-13-4-2-3-11(15)6-13/h2-8,14,17H,9H2,1H3. The number of nitrogens with one attached hydrogen (secondary N) is 1. The highest BCUT2D eigenvalue weighted by molar-refractivity contribution is 9.10. The van der Waals surface area contributed by atoms with Gasteiger partial charge in [0, 0.05) is 27.4 Å². The fourth-order valence-electron chi connectivity index (χ4n) is 1.70. The van der Waals surface area contributed by atoms with Crippen LogP contribution in [0.15, 0.2) is 52.1 Å². The first-order chi connectivity index (χ1) is 9.19. The summed E-state index contributed by atoms with van der Waals surface area (Å²) in [7, 11) is 1.87. The van der Waals surface area contributed by atoms with E-state index >= 15 is 0 Å². The minimum atomic E-state index is -0.301. The number of pyridine rings is 1. The summed E-state index contributed by atoms with van der Waals surface area (Å²) in [6, 6.07) is 9.73. The first-order valence-electron chi connectivity index (χ1n) is 5.85. The highest BCUT2D eigenvalue weighted by Gasteiger charge is 2.11. The fraction of sp³-hybridized carbons (Fsp3) is 0.214. The van der Waals surface area contributed by atoms with Gasteiger partial charge in [0.1, 0.15) is 5.82 Å². The molecular weight excluding hydrogens is 327 g/mol. The van der Waals surface area contributed by atoms with E-state index in [1.165, 1.54) is 17.2 Å². The van der Waals surface area contributed by atoms with Crippen LogP contribution < -0.4 is 5.32 Å². The first-order valence-corrected chi connectivity index (χ1v) is 7.63. The third-order valence-electron chi connectivity index (χ3n) is 2.69. The van der Waals surface area contributed by atoms with Crippen molar-refractivity contribution in [1.82, 2.24) is 10.3 Å². The van der Waals surface area contributed by atoms with Crippen molar-refractivity contribution < 1.29 is 4.39 Å². The van der Waals surface area contributed by atoms with Crippen LogP contribution in [-0.2, 0) is 0 Å². The van der Waals surface area contributed by atoms with Crippen LogP contribution in [0.4, 0.5) is 4.39 Å². The normalized spacial score (nSPS) is 12.4. The Morgan fingerprint density at radius 3 is 2.89 bits per heavy atom. The van der Waals surface area contributed by atoms with E-state index < -0.39 is 0 Å². The first kappa shape index (κ1) is 14.5. The largest absolute Gasteiger partial charge is 0.312 e. The van der Waals surface area contributed by atoms with E-state index in [4.69, 9.17) is 0 Å². The van der Waals surface area contributed by atoms with Crippen LogP contribution in [-0.4, -0.2) is 17.8 Å². The SMILES string of the molecule is CNC(CSc1cccc(Br)c1)c1cncc(F)c1. The predicted octanol–water partition coefficient (Wildman–Crippen LogP) is 4.04. The Balaban J connectivity index is 2.04. The van der Waals surface area contributed by atoms with E-state index in [1.54, 1.807) is 18.0 Å². The quantitative estimate of drug-likeness (QED) is 0.831. The molecule has 1 unspecified atom stereocenters. The number of halogens is 2. The molecule has 1 aromatic carbocycles. The van der Waals surface area contributed by atoms with Gasteiger partial charge in [-0.25, -0.2) is 4.39 Å². The minimum absolute atomic E-state index is 0.0761. The van der Waals surface area contributed by atoms with Gasteiger partial charge in [0.05, 0.1) is 6.20 Å². The summed E-state index contributed by atoms with van der Waals surface area (Å²) in [6.07, 6.45) is 2.92. The van der Waals surface area contributed by atoms with Gasteiger partial charge in [-0.15, -0.1) is 11.8 Å². The summed E-state index contributed by atoms with van der Waals surface area (Å²) >= 11 is 5.18. The van der Waals surface area contributed by atoms with Crippen molar-refractivity contribution in [3.05, 3.63) is 58.6 Å². The molecule has 2 rings (SSSR count). The van der Waals surface area contributed by atoms with Gasteiger partial charge in [-0.1, -0.05) is 22.0 Å². The van der Waals surface area contributed by atoms with Gasteiger partial charge >= 0.3 is 0 Å². The zero-order chi connectivity index (χ0) is 13.7.